The van der Waals surface area contributed by atoms with E-state index in [9.17, 15) is 4.79 Å². The standard InChI is InChI=1S/C30H37N3O2/c1-21-29-27(26-10-6-5-7-22(26)19-28(29)30(34)35-21)14-12-23-11-13-25(20-31-23)33-17-15-32(16-18-33)24-8-3-2-4-9-24/h2-4,8-9,11-14,20-22,26-29H,5-7,10,15-19H2,1H3/b14-12+/t21-,22+,26-,27+,28-,29+/m1/s1. The molecule has 2 aliphatic carbocycles. The Balaban J connectivity index is 1.13. The van der Waals surface area contributed by atoms with Crippen LogP contribution in [0.5, 0.6) is 0 Å². The molecule has 0 amide bonds. The summed E-state index contributed by atoms with van der Waals surface area (Å²) in [6.45, 7) is 6.16. The number of nitrogens with zero attached hydrogens (tertiary/aromatic N) is 3. The second-order valence-electron chi connectivity index (χ2n) is 11.0. The van der Waals surface area contributed by atoms with E-state index in [2.05, 4.69) is 71.3 Å². The molecule has 2 aromatic rings. The van der Waals surface area contributed by atoms with Crippen LogP contribution in [0.25, 0.3) is 6.08 Å². The van der Waals surface area contributed by atoms with Gasteiger partial charge in [-0.3, -0.25) is 9.78 Å². The summed E-state index contributed by atoms with van der Waals surface area (Å²) in [6, 6.07) is 15.0. The molecule has 1 aromatic carbocycles. The van der Waals surface area contributed by atoms with Crippen LogP contribution in [0.15, 0.2) is 54.7 Å². The Morgan fingerprint density at radius 1 is 0.943 bits per heavy atom. The van der Waals surface area contributed by atoms with Crippen molar-refractivity contribution >= 4 is 23.4 Å². The van der Waals surface area contributed by atoms with Crippen LogP contribution in [0.3, 0.4) is 0 Å². The quantitative estimate of drug-likeness (QED) is 0.557. The Hall–Kier alpha value is -2.82. The summed E-state index contributed by atoms with van der Waals surface area (Å²) in [5, 5.41) is 0. The number of cyclic esters (lactones) is 1. The van der Waals surface area contributed by atoms with Gasteiger partial charge < -0.3 is 14.5 Å². The van der Waals surface area contributed by atoms with Gasteiger partial charge in [0.1, 0.15) is 6.10 Å². The maximum Gasteiger partial charge on any atom is 0.309 e. The number of hydrogen-bond donors (Lipinski definition) is 0. The molecular formula is C30H37N3O2. The predicted molar refractivity (Wildman–Crippen MR) is 140 cm³/mol. The second kappa shape index (κ2) is 9.67. The number of benzene rings is 1. The molecule has 0 radical (unpaired) electrons. The van der Waals surface area contributed by atoms with Crippen LogP contribution >= 0.6 is 0 Å². The smallest absolute Gasteiger partial charge is 0.309 e. The number of aromatic nitrogens is 1. The van der Waals surface area contributed by atoms with Crippen molar-refractivity contribution in [3.63, 3.8) is 0 Å². The summed E-state index contributed by atoms with van der Waals surface area (Å²) in [5.41, 5.74) is 3.51. The molecule has 0 N–H and O–H groups in total. The number of ether oxygens (including phenoxy) is 1. The van der Waals surface area contributed by atoms with Crippen molar-refractivity contribution in [3.05, 3.63) is 60.4 Å². The number of esters is 1. The van der Waals surface area contributed by atoms with E-state index >= 15 is 0 Å². The third-order valence-corrected chi connectivity index (χ3v) is 9.10. The first-order chi connectivity index (χ1) is 17.2. The Labute approximate surface area is 209 Å². The molecule has 2 saturated carbocycles. The fourth-order valence-electron chi connectivity index (χ4n) is 7.34. The first-order valence-corrected chi connectivity index (χ1v) is 13.6. The normalized spacial score (nSPS) is 32.9. The van der Waals surface area contributed by atoms with Crippen molar-refractivity contribution in [2.75, 3.05) is 36.0 Å². The fourth-order valence-corrected chi connectivity index (χ4v) is 7.34. The molecule has 2 aliphatic heterocycles. The molecule has 4 aliphatic rings. The van der Waals surface area contributed by atoms with Gasteiger partial charge in [-0.1, -0.05) is 43.5 Å². The van der Waals surface area contributed by atoms with E-state index in [1.54, 1.807) is 0 Å². The van der Waals surface area contributed by atoms with E-state index in [1.165, 1.54) is 37.1 Å². The average Bonchev–Trinajstić information content (AvgIpc) is 3.20. The number of fused-ring (bicyclic) bond motifs is 2. The zero-order chi connectivity index (χ0) is 23.8. The molecule has 4 fully saturated rings. The van der Waals surface area contributed by atoms with Gasteiger partial charge in [-0.15, -0.1) is 0 Å². The van der Waals surface area contributed by atoms with Gasteiger partial charge in [-0.05, 0) is 67.9 Å². The maximum absolute atomic E-state index is 12.5. The number of allylic oxidation sites excluding steroid dienone is 1. The molecule has 6 atom stereocenters. The van der Waals surface area contributed by atoms with Crippen LogP contribution in [-0.4, -0.2) is 43.2 Å². The van der Waals surface area contributed by atoms with Crippen molar-refractivity contribution in [1.29, 1.82) is 0 Å². The number of rotatable bonds is 4. The van der Waals surface area contributed by atoms with Crippen molar-refractivity contribution in [1.82, 2.24) is 4.98 Å². The first kappa shape index (κ1) is 22.6. The molecule has 5 heteroatoms. The predicted octanol–water partition coefficient (Wildman–Crippen LogP) is 5.43. The third-order valence-electron chi connectivity index (χ3n) is 9.10. The number of hydrogen-bond acceptors (Lipinski definition) is 5. The van der Waals surface area contributed by atoms with Gasteiger partial charge in [-0.2, -0.15) is 0 Å². The number of piperazine rings is 1. The molecular weight excluding hydrogens is 434 g/mol. The van der Waals surface area contributed by atoms with E-state index in [0.29, 0.717) is 23.7 Å². The lowest BCUT2D eigenvalue weighted by Gasteiger charge is -2.45. The minimum atomic E-state index is 0.0231. The van der Waals surface area contributed by atoms with E-state index in [-0.39, 0.29) is 18.0 Å². The van der Waals surface area contributed by atoms with Gasteiger partial charge in [0.2, 0.25) is 0 Å². The molecule has 3 heterocycles. The lowest BCUT2D eigenvalue weighted by Crippen LogP contribution is -2.46. The summed E-state index contributed by atoms with van der Waals surface area (Å²) < 4.78 is 5.72. The average molecular weight is 472 g/mol. The summed E-state index contributed by atoms with van der Waals surface area (Å²) in [5.74, 6) is 2.20. The van der Waals surface area contributed by atoms with Gasteiger partial charge in [0.25, 0.3) is 0 Å². The molecule has 0 spiro atoms. The first-order valence-electron chi connectivity index (χ1n) is 13.6. The van der Waals surface area contributed by atoms with Crippen LogP contribution < -0.4 is 9.80 Å². The number of carbonyl (C=O) groups excluding carboxylic acids is 1. The van der Waals surface area contributed by atoms with Crippen LogP contribution in [0.4, 0.5) is 11.4 Å². The lowest BCUT2D eigenvalue weighted by atomic mass is 9.57. The minimum absolute atomic E-state index is 0.0231. The highest BCUT2D eigenvalue weighted by atomic mass is 16.6. The molecule has 1 aromatic heterocycles. The highest BCUT2D eigenvalue weighted by Crippen LogP contribution is 2.53. The molecule has 0 bridgehead atoms. The maximum atomic E-state index is 12.5. The van der Waals surface area contributed by atoms with Crippen molar-refractivity contribution in [3.8, 4) is 0 Å². The van der Waals surface area contributed by atoms with E-state index in [4.69, 9.17) is 9.72 Å². The number of carbonyl (C=O) groups is 1. The van der Waals surface area contributed by atoms with Gasteiger partial charge in [0.15, 0.2) is 0 Å². The Morgan fingerprint density at radius 3 is 2.43 bits per heavy atom. The Kier molecular flexibility index (Phi) is 6.26. The Morgan fingerprint density at radius 2 is 1.69 bits per heavy atom. The monoisotopic (exact) mass is 471 g/mol. The molecule has 5 nitrogen and oxygen atoms in total. The number of para-hydroxylation sites is 1. The van der Waals surface area contributed by atoms with Crippen LogP contribution in [0.1, 0.15) is 44.7 Å². The summed E-state index contributed by atoms with van der Waals surface area (Å²) in [6.07, 6.45) is 12.8. The number of pyridine rings is 1. The van der Waals surface area contributed by atoms with E-state index in [1.807, 2.05) is 6.20 Å². The minimum Gasteiger partial charge on any atom is -0.462 e. The number of anilines is 2. The summed E-state index contributed by atoms with van der Waals surface area (Å²) in [4.78, 5) is 22.2. The fraction of sp³-hybridized carbons (Fsp3) is 0.533. The Bertz CT molecular complexity index is 1050. The van der Waals surface area contributed by atoms with Gasteiger partial charge in [0.05, 0.1) is 23.5 Å². The highest BCUT2D eigenvalue weighted by molar-refractivity contribution is 5.75. The van der Waals surface area contributed by atoms with Crippen LogP contribution in [0, 0.1) is 29.6 Å². The summed E-state index contributed by atoms with van der Waals surface area (Å²) in [7, 11) is 0. The van der Waals surface area contributed by atoms with Crippen LogP contribution in [0.2, 0.25) is 0 Å². The molecule has 2 saturated heterocycles. The largest absolute Gasteiger partial charge is 0.462 e. The summed E-state index contributed by atoms with van der Waals surface area (Å²) >= 11 is 0. The zero-order valence-corrected chi connectivity index (χ0v) is 20.8. The van der Waals surface area contributed by atoms with E-state index < -0.39 is 0 Å². The molecule has 184 valence electrons. The molecule has 6 rings (SSSR count). The molecule has 35 heavy (non-hydrogen) atoms. The van der Waals surface area contributed by atoms with Crippen molar-refractivity contribution in [2.45, 2.75) is 45.1 Å². The van der Waals surface area contributed by atoms with Gasteiger partial charge in [-0.25, -0.2) is 0 Å². The van der Waals surface area contributed by atoms with Crippen molar-refractivity contribution < 1.29 is 9.53 Å². The highest BCUT2D eigenvalue weighted by Gasteiger charge is 2.53. The zero-order valence-electron chi connectivity index (χ0n) is 20.8. The topological polar surface area (TPSA) is 45.7 Å². The van der Waals surface area contributed by atoms with Crippen molar-refractivity contribution in [2.24, 2.45) is 29.6 Å². The lowest BCUT2D eigenvalue weighted by molar-refractivity contribution is -0.144. The SMILES string of the molecule is C[C@H]1OC(=O)[C@@H]2C[C@@H]3CCCC[C@H]3[C@H](/C=C/c3ccc(N4CCN(c5ccccc5)CC4)cn3)[C@H]12. The second-order valence-corrected chi connectivity index (χ2v) is 11.0. The van der Waals surface area contributed by atoms with E-state index in [0.717, 1.165) is 38.3 Å². The molecule has 0 unspecified atom stereocenters. The third kappa shape index (κ3) is 4.46. The van der Waals surface area contributed by atoms with Gasteiger partial charge in [0, 0.05) is 37.8 Å². The van der Waals surface area contributed by atoms with Gasteiger partial charge >= 0.3 is 5.97 Å². The van der Waals surface area contributed by atoms with Crippen LogP contribution in [-0.2, 0) is 9.53 Å².